The Kier molecular flexibility index (Phi) is 6.29. The molecule has 1 heterocycles. The lowest BCUT2D eigenvalue weighted by molar-refractivity contribution is -0.141. The molecule has 31 heavy (non-hydrogen) atoms. The Morgan fingerprint density at radius 1 is 1.29 bits per heavy atom. The third-order valence-corrected chi connectivity index (χ3v) is 5.58. The lowest BCUT2D eigenvalue weighted by Gasteiger charge is -2.42. The second-order valence-corrected chi connectivity index (χ2v) is 8.52. The van der Waals surface area contributed by atoms with E-state index in [1.165, 1.54) is 18.2 Å². The zero-order valence-electron chi connectivity index (χ0n) is 16.8. The molecule has 0 aromatic carbocycles. The summed E-state index contributed by atoms with van der Waals surface area (Å²) in [4.78, 5) is 15.8. The van der Waals surface area contributed by atoms with Gasteiger partial charge in [0.2, 0.25) is 0 Å². The van der Waals surface area contributed by atoms with Crippen LogP contribution in [0.3, 0.4) is 0 Å². The summed E-state index contributed by atoms with van der Waals surface area (Å²) in [6.07, 6.45) is 1.33. The van der Waals surface area contributed by atoms with Crippen LogP contribution in [-0.4, -0.2) is 33.4 Å². The number of aromatic nitrogens is 1. The minimum absolute atomic E-state index is 0.0771. The molecule has 0 radical (unpaired) electrons. The number of carbonyl (C=O) groups excluding carboxylic acids is 1. The fourth-order valence-electron chi connectivity index (χ4n) is 3.25. The van der Waals surface area contributed by atoms with Gasteiger partial charge in [-0.15, -0.1) is 0 Å². The largest absolute Gasteiger partial charge is 0.433 e. The van der Waals surface area contributed by atoms with Crippen molar-refractivity contribution >= 4 is 23.2 Å². The van der Waals surface area contributed by atoms with Crippen molar-refractivity contribution in [2.75, 3.05) is 0 Å². The van der Waals surface area contributed by atoms with Crippen LogP contribution in [0.15, 0.2) is 52.9 Å². The summed E-state index contributed by atoms with van der Waals surface area (Å²) in [6, 6.07) is 3.20. The van der Waals surface area contributed by atoms with Crippen LogP contribution < -0.4 is 10.6 Å². The van der Waals surface area contributed by atoms with Crippen molar-refractivity contribution in [2.45, 2.75) is 44.5 Å². The van der Waals surface area contributed by atoms with Crippen molar-refractivity contribution in [1.29, 1.82) is 5.41 Å². The third-order valence-electron chi connectivity index (χ3n) is 5.27. The molecule has 1 saturated carbocycles. The summed E-state index contributed by atoms with van der Waals surface area (Å²) in [6.45, 7) is 3.54. The van der Waals surface area contributed by atoms with Gasteiger partial charge in [0, 0.05) is 17.8 Å². The van der Waals surface area contributed by atoms with Crippen molar-refractivity contribution in [1.82, 2.24) is 15.6 Å². The van der Waals surface area contributed by atoms with Crippen molar-refractivity contribution in [2.24, 2.45) is 5.92 Å². The zero-order valence-corrected chi connectivity index (χ0v) is 17.6. The molecule has 10 heteroatoms. The molecule has 1 fully saturated rings. The van der Waals surface area contributed by atoms with E-state index in [1.54, 1.807) is 20.0 Å². The summed E-state index contributed by atoms with van der Waals surface area (Å²) in [7, 11) is 0. The first-order valence-electron chi connectivity index (χ1n) is 9.57. The van der Waals surface area contributed by atoms with Crippen LogP contribution in [0, 0.1) is 11.3 Å². The van der Waals surface area contributed by atoms with Crippen LogP contribution in [0.1, 0.15) is 42.9 Å². The molecule has 0 aliphatic heterocycles. The first kappa shape index (κ1) is 23.0. The zero-order chi connectivity index (χ0) is 23.0. The molecule has 2 aliphatic carbocycles. The van der Waals surface area contributed by atoms with Gasteiger partial charge in [0.05, 0.1) is 22.0 Å². The molecule has 0 unspecified atom stereocenters. The number of aliphatic hydroxyl groups is 1. The Morgan fingerprint density at radius 3 is 2.58 bits per heavy atom. The average Bonchev–Trinajstić information content (AvgIpc) is 2.62. The van der Waals surface area contributed by atoms with E-state index in [0.29, 0.717) is 5.57 Å². The molecular formula is C21H22ClF3N4O2. The lowest BCUT2D eigenvalue weighted by atomic mass is 9.71. The van der Waals surface area contributed by atoms with E-state index >= 15 is 0 Å². The normalized spacial score (nSPS) is 23.1. The molecule has 0 atom stereocenters. The fourth-order valence-corrected chi connectivity index (χ4v) is 3.46. The molecule has 2 aliphatic rings. The van der Waals surface area contributed by atoms with Gasteiger partial charge in [-0.1, -0.05) is 17.7 Å². The molecule has 166 valence electrons. The highest BCUT2D eigenvalue weighted by Gasteiger charge is 2.38. The van der Waals surface area contributed by atoms with Gasteiger partial charge in [0.15, 0.2) is 0 Å². The molecule has 3 rings (SSSR count). The monoisotopic (exact) mass is 454 g/mol. The van der Waals surface area contributed by atoms with E-state index in [0.717, 1.165) is 25.0 Å². The summed E-state index contributed by atoms with van der Waals surface area (Å²) in [5, 5.41) is 23.8. The predicted molar refractivity (Wildman–Crippen MR) is 110 cm³/mol. The standard InChI is InChI=1S/C21H22ClF3N4O2/c1-20(2,31)12-7-13(8-12)27-10-11-6-17(14(22)9-15(11)26)29-19(30)16-4-3-5-18(28-16)21(23,24)25/h3-6,9-10,12-13,26-27,31H,7-8H2,1-2H3,(H,29,30)/b11-10-,26-15?. The van der Waals surface area contributed by atoms with Gasteiger partial charge in [-0.2, -0.15) is 13.2 Å². The number of nitrogens with one attached hydrogen (secondary N) is 3. The molecule has 1 aromatic heterocycles. The number of pyridine rings is 1. The number of amides is 1. The highest BCUT2D eigenvalue weighted by molar-refractivity contribution is 6.35. The second-order valence-electron chi connectivity index (χ2n) is 8.11. The predicted octanol–water partition coefficient (Wildman–Crippen LogP) is 3.89. The number of hydrogen-bond acceptors (Lipinski definition) is 5. The summed E-state index contributed by atoms with van der Waals surface area (Å²) in [5.74, 6) is -0.662. The maximum Gasteiger partial charge on any atom is 0.433 e. The summed E-state index contributed by atoms with van der Waals surface area (Å²) in [5.41, 5.74) is -1.60. The molecule has 0 saturated heterocycles. The van der Waals surface area contributed by atoms with Crippen molar-refractivity contribution in [3.05, 3.63) is 64.2 Å². The van der Waals surface area contributed by atoms with Gasteiger partial charge in [-0.25, -0.2) is 4.98 Å². The maximum atomic E-state index is 12.8. The first-order valence-corrected chi connectivity index (χ1v) is 9.95. The van der Waals surface area contributed by atoms with E-state index in [2.05, 4.69) is 15.6 Å². The Morgan fingerprint density at radius 2 is 1.97 bits per heavy atom. The highest BCUT2D eigenvalue weighted by Crippen LogP contribution is 2.36. The van der Waals surface area contributed by atoms with Gasteiger partial charge in [0.1, 0.15) is 11.4 Å². The van der Waals surface area contributed by atoms with Gasteiger partial charge >= 0.3 is 6.18 Å². The van der Waals surface area contributed by atoms with Crippen LogP contribution >= 0.6 is 11.6 Å². The molecule has 6 nitrogen and oxygen atoms in total. The molecule has 1 aromatic rings. The Bertz CT molecular complexity index is 987. The summed E-state index contributed by atoms with van der Waals surface area (Å²) >= 11 is 6.11. The second kappa shape index (κ2) is 8.47. The van der Waals surface area contributed by atoms with Crippen LogP contribution in [0.4, 0.5) is 13.2 Å². The van der Waals surface area contributed by atoms with E-state index in [-0.39, 0.29) is 28.4 Å². The fraction of sp³-hybridized carbons (Fsp3) is 0.381. The lowest BCUT2D eigenvalue weighted by Crippen LogP contribution is -2.48. The Balaban J connectivity index is 1.70. The van der Waals surface area contributed by atoms with Crippen LogP contribution in [0.2, 0.25) is 0 Å². The molecule has 0 bridgehead atoms. The third kappa shape index (κ3) is 5.54. The van der Waals surface area contributed by atoms with E-state index in [4.69, 9.17) is 17.0 Å². The highest BCUT2D eigenvalue weighted by atomic mass is 35.5. The molecule has 0 spiro atoms. The molecule has 1 amide bonds. The number of halogens is 4. The topological polar surface area (TPSA) is 98.1 Å². The quantitative estimate of drug-likeness (QED) is 0.542. The van der Waals surface area contributed by atoms with Gasteiger partial charge < -0.3 is 21.1 Å². The van der Waals surface area contributed by atoms with Gasteiger partial charge in [0.25, 0.3) is 5.91 Å². The van der Waals surface area contributed by atoms with Crippen molar-refractivity contribution in [3.8, 4) is 0 Å². The Hall–Kier alpha value is -2.65. The minimum Gasteiger partial charge on any atom is -0.390 e. The van der Waals surface area contributed by atoms with Crippen LogP contribution in [-0.2, 0) is 6.18 Å². The maximum absolute atomic E-state index is 12.8. The number of allylic oxidation sites excluding steroid dienone is 4. The smallest absolute Gasteiger partial charge is 0.390 e. The SMILES string of the molecule is CC(C)(O)C1CC(N/C=C2/C=C(NC(=O)c3cccc(C(F)(F)F)n3)C(Cl)=CC2=N)C1. The number of nitrogens with zero attached hydrogens (tertiary/aromatic N) is 1. The van der Waals surface area contributed by atoms with Crippen molar-refractivity contribution < 1.29 is 23.1 Å². The van der Waals surface area contributed by atoms with Crippen LogP contribution in [0.5, 0.6) is 0 Å². The van der Waals surface area contributed by atoms with E-state index in [1.807, 2.05) is 0 Å². The average molecular weight is 455 g/mol. The molecule has 4 N–H and O–H groups in total. The Labute approximate surface area is 182 Å². The molecular weight excluding hydrogens is 433 g/mol. The van der Waals surface area contributed by atoms with Crippen LogP contribution in [0.25, 0.3) is 0 Å². The number of rotatable bonds is 5. The number of alkyl halides is 3. The van der Waals surface area contributed by atoms with Gasteiger partial charge in [-0.3, -0.25) is 4.79 Å². The van der Waals surface area contributed by atoms with E-state index < -0.39 is 29.1 Å². The minimum atomic E-state index is -4.67. The summed E-state index contributed by atoms with van der Waals surface area (Å²) < 4.78 is 38.5. The number of hydrogen-bond donors (Lipinski definition) is 4. The van der Waals surface area contributed by atoms with Gasteiger partial charge in [-0.05, 0) is 56.9 Å². The number of carbonyl (C=O) groups is 1. The van der Waals surface area contributed by atoms with Crippen molar-refractivity contribution in [3.63, 3.8) is 0 Å². The van der Waals surface area contributed by atoms with E-state index in [9.17, 15) is 23.1 Å². The first-order chi connectivity index (χ1) is 14.3.